The zero-order valence-electron chi connectivity index (χ0n) is 17.3. The van der Waals surface area contributed by atoms with Crippen LogP contribution in [0.2, 0.25) is 5.02 Å². The third-order valence-electron chi connectivity index (χ3n) is 6.87. The molecule has 2 aromatic rings. The predicted molar refractivity (Wildman–Crippen MR) is 118 cm³/mol. The molecule has 8 heteroatoms. The number of carboxylic acid groups (broad SMARTS) is 1. The summed E-state index contributed by atoms with van der Waals surface area (Å²) in [6, 6.07) is 1.42. The van der Waals surface area contributed by atoms with Gasteiger partial charge < -0.3 is 25.4 Å². The molecule has 0 radical (unpaired) electrons. The standard InChI is InChI=1S/C22H28ClN3O4/c1-3-22(4-2)8-12(24)9-25(11-22)19-16(27)7-14-18(17(19)23)26(13-5-6-13)10-15(20(14)28)21(29)30/h7,10,12-13,27H,3-6,8-9,11,24H2,1-2H3,(H,29,30)/t12-/m0/s1. The second kappa shape index (κ2) is 7.46. The maximum Gasteiger partial charge on any atom is 0.341 e. The number of aromatic hydroxyl groups is 1. The number of nitrogens with two attached hydrogens (primary N) is 1. The van der Waals surface area contributed by atoms with Gasteiger partial charge in [0, 0.05) is 31.4 Å². The molecule has 0 unspecified atom stereocenters. The van der Waals surface area contributed by atoms with Crippen molar-refractivity contribution in [3.63, 3.8) is 0 Å². The number of carbonyl (C=O) groups is 1. The van der Waals surface area contributed by atoms with Crippen molar-refractivity contribution in [2.75, 3.05) is 18.0 Å². The molecule has 1 aliphatic carbocycles. The Kier molecular flexibility index (Phi) is 5.22. The molecule has 2 aliphatic rings. The Morgan fingerprint density at radius 3 is 2.57 bits per heavy atom. The number of rotatable bonds is 5. The van der Waals surface area contributed by atoms with Gasteiger partial charge in [0.15, 0.2) is 0 Å². The first kappa shape index (κ1) is 21.0. The molecule has 1 aliphatic heterocycles. The van der Waals surface area contributed by atoms with Gasteiger partial charge in [0.25, 0.3) is 0 Å². The number of hydrogen-bond acceptors (Lipinski definition) is 5. The van der Waals surface area contributed by atoms with Crippen molar-refractivity contribution in [3.8, 4) is 5.75 Å². The summed E-state index contributed by atoms with van der Waals surface area (Å²) in [6.07, 6.45) is 6.03. The summed E-state index contributed by atoms with van der Waals surface area (Å²) < 4.78 is 1.79. The van der Waals surface area contributed by atoms with E-state index in [-0.39, 0.29) is 39.2 Å². The van der Waals surface area contributed by atoms with Gasteiger partial charge in [-0.05, 0) is 43.6 Å². The second-order valence-corrected chi connectivity index (χ2v) is 9.20. The van der Waals surface area contributed by atoms with Gasteiger partial charge in [-0.3, -0.25) is 4.79 Å². The van der Waals surface area contributed by atoms with Gasteiger partial charge in [0.05, 0.1) is 15.9 Å². The minimum atomic E-state index is -1.28. The summed E-state index contributed by atoms with van der Waals surface area (Å²) in [5, 5.41) is 20.7. The van der Waals surface area contributed by atoms with Crippen LogP contribution in [0, 0.1) is 5.41 Å². The van der Waals surface area contributed by atoms with Crippen LogP contribution in [0.15, 0.2) is 17.1 Å². The van der Waals surface area contributed by atoms with Crippen molar-refractivity contribution in [1.29, 1.82) is 0 Å². The molecule has 7 nitrogen and oxygen atoms in total. The van der Waals surface area contributed by atoms with Crippen LogP contribution in [0.3, 0.4) is 0 Å². The van der Waals surface area contributed by atoms with E-state index in [2.05, 4.69) is 13.8 Å². The molecule has 0 amide bonds. The molecule has 1 aromatic carbocycles. The highest BCUT2D eigenvalue weighted by Crippen LogP contribution is 2.47. The molecule has 0 spiro atoms. The lowest BCUT2D eigenvalue weighted by atomic mass is 9.74. The van der Waals surface area contributed by atoms with Gasteiger partial charge in [0.2, 0.25) is 5.43 Å². The van der Waals surface area contributed by atoms with Crippen LogP contribution >= 0.6 is 11.6 Å². The van der Waals surface area contributed by atoms with Crippen LogP contribution < -0.4 is 16.1 Å². The maximum absolute atomic E-state index is 12.8. The number of anilines is 1. The third-order valence-corrected chi connectivity index (χ3v) is 7.23. The van der Waals surface area contributed by atoms with Crippen LogP contribution in [-0.2, 0) is 0 Å². The first-order chi connectivity index (χ1) is 14.2. The van der Waals surface area contributed by atoms with E-state index in [1.165, 1.54) is 12.3 Å². The number of phenolic OH excluding ortho intramolecular Hbond substituents is 1. The number of aromatic nitrogens is 1. The highest BCUT2D eigenvalue weighted by Gasteiger charge is 2.38. The number of benzene rings is 1. The van der Waals surface area contributed by atoms with E-state index in [1.54, 1.807) is 4.57 Å². The summed E-state index contributed by atoms with van der Waals surface area (Å²) in [7, 11) is 0. The fourth-order valence-electron chi connectivity index (χ4n) is 4.91. The SMILES string of the molecule is CCC1(CC)C[C@H](N)CN(c2c(O)cc3c(=O)c(C(=O)O)cn(C4CC4)c3c2Cl)C1. The normalized spacial score (nSPS) is 21.2. The number of carboxylic acids is 1. The zero-order valence-corrected chi connectivity index (χ0v) is 18.1. The average molecular weight is 434 g/mol. The molecule has 162 valence electrons. The first-order valence-corrected chi connectivity index (χ1v) is 10.9. The molecule has 2 heterocycles. The van der Waals surface area contributed by atoms with E-state index in [0.717, 1.165) is 32.1 Å². The molecule has 4 N–H and O–H groups in total. The van der Waals surface area contributed by atoms with Gasteiger partial charge in [-0.1, -0.05) is 25.4 Å². The maximum atomic E-state index is 12.8. The van der Waals surface area contributed by atoms with Crippen LogP contribution in [-0.4, -0.2) is 39.9 Å². The quantitative estimate of drug-likeness (QED) is 0.662. The number of pyridine rings is 1. The predicted octanol–water partition coefficient (Wildman–Crippen LogP) is 3.74. The lowest BCUT2D eigenvalue weighted by Crippen LogP contribution is -2.52. The van der Waals surface area contributed by atoms with Crippen LogP contribution in [0.1, 0.15) is 62.4 Å². The Morgan fingerprint density at radius 1 is 1.33 bits per heavy atom. The van der Waals surface area contributed by atoms with Crippen LogP contribution in [0.5, 0.6) is 5.75 Å². The summed E-state index contributed by atoms with van der Waals surface area (Å²) in [5.74, 6) is -1.40. The Balaban J connectivity index is 1.94. The minimum absolute atomic E-state index is 0.0334. The van der Waals surface area contributed by atoms with Gasteiger partial charge in [-0.15, -0.1) is 0 Å². The van der Waals surface area contributed by atoms with E-state index < -0.39 is 11.4 Å². The number of nitrogens with zero attached hydrogens (tertiary/aromatic N) is 2. The minimum Gasteiger partial charge on any atom is -0.506 e. The largest absolute Gasteiger partial charge is 0.506 e. The highest BCUT2D eigenvalue weighted by atomic mass is 35.5. The second-order valence-electron chi connectivity index (χ2n) is 8.82. The number of piperidine rings is 1. The number of phenols is 1. The van der Waals surface area contributed by atoms with Crippen LogP contribution in [0.25, 0.3) is 10.9 Å². The summed E-state index contributed by atoms with van der Waals surface area (Å²) in [4.78, 5) is 26.4. The van der Waals surface area contributed by atoms with Gasteiger partial charge in [-0.2, -0.15) is 0 Å². The first-order valence-electron chi connectivity index (χ1n) is 10.6. The molecular formula is C22H28ClN3O4. The van der Waals surface area contributed by atoms with Crippen molar-refractivity contribution in [2.45, 2.75) is 58.0 Å². The third kappa shape index (κ3) is 3.34. The number of aromatic carboxylic acids is 1. The summed E-state index contributed by atoms with van der Waals surface area (Å²) in [5.41, 5.74) is 6.43. The van der Waals surface area contributed by atoms with E-state index in [1.807, 2.05) is 4.90 Å². The Labute approximate surface area is 180 Å². The van der Waals surface area contributed by atoms with Crippen molar-refractivity contribution in [3.05, 3.63) is 33.1 Å². The fourth-order valence-corrected chi connectivity index (χ4v) is 5.33. The number of halogens is 1. The Morgan fingerprint density at radius 2 is 2.00 bits per heavy atom. The number of fused-ring (bicyclic) bond motifs is 1. The Bertz CT molecular complexity index is 1070. The average Bonchev–Trinajstić information content (AvgIpc) is 3.53. The molecule has 4 rings (SSSR count). The molecule has 30 heavy (non-hydrogen) atoms. The van der Waals surface area contributed by atoms with Crippen molar-refractivity contribution >= 4 is 34.2 Å². The lowest BCUT2D eigenvalue weighted by Gasteiger charge is -2.46. The van der Waals surface area contributed by atoms with E-state index in [0.29, 0.717) is 24.3 Å². The van der Waals surface area contributed by atoms with E-state index in [9.17, 15) is 19.8 Å². The zero-order chi connectivity index (χ0) is 21.8. The molecule has 0 bridgehead atoms. The summed E-state index contributed by atoms with van der Waals surface area (Å²) >= 11 is 6.84. The smallest absolute Gasteiger partial charge is 0.341 e. The van der Waals surface area contributed by atoms with E-state index >= 15 is 0 Å². The molecule has 1 aromatic heterocycles. The van der Waals surface area contributed by atoms with Gasteiger partial charge in [0.1, 0.15) is 17.0 Å². The van der Waals surface area contributed by atoms with Crippen molar-refractivity contribution < 1.29 is 15.0 Å². The highest BCUT2D eigenvalue weighted by molar-refractivity contribution is 6.38. The molecule has 1 atom stereocenters. The molecule has 2 fully saturated rings. The van der Waals surface area contributed by atoms with Crippen LogP contribution in [0.4, 0.5) is 5.69 Å². The van der Waals surface area contributed by atoms with E-state index in [4.69, 9.17) is 17.3 Å². The van der Waals surface area contributed by atoms with Gasteiger partial charge in [-0.25, -0.2) is 4.79 Å². The van der Waals surface area contributed by atoms with Crippen molar-refractivity contribution in [2.24, 2.45) is 11.1 Å². The van der Waals surface area contributed by atoms with Gasteiger partial charge >= 0.3 is 5.97 Å². The summed E-state index contributed by atoms with van der Waals surface area (Å²) in [6.45, 7) is 5.58. The molecule has 1 saturated heterocycles. The van der Waals surface area contributed by atoms with Crippen molar-refractivity contribution in [1.82, 2.24) is 4.57 Å². The number of hydrogen-bond donors (Lipinski definition) is 3. The molecular weight excluding hydrogens is 406 g/mol. The lowest BCUT2D eigenvalue weighted by molar-refractivity contribution is 0.0695. The fraction of sp³-hybridized carbons (Fsp3) is 0.545. The topological polar surface area (TPSA) is 109 Å². The monoisotopic (exact) mass is 433 g/mol. The Hall–Kier alpha value is -2.25. The molecule has 1 saturated carbocycles.